The van der Waals surface area contributed by atoms with Gasteiger partial charge in [0.05, 0.1) is 17.5 Å². The van der Waals surface area contributed by atoms with Gasteiger partial charge in [-0.1, -0.05) is 35.5 Å². The largest absolute Gasteiger partial charge is 0.361 e. The molecule has 0 aliphatic heterocycles. The van der Waals surface area contributed by atoms with Crippen molar-refractivity contribution in [2.24, 2.45) is 5.10 Å². The lowest BCUT2D eigenvalue weighted by Crippen LogP contribution is -2.33. The van der Waals surface area contributed by atoms with Crippen LogP contribution in [0.15, 0.2) is 40.0 Å². The van der Waals surface area contributed by atoms with E-state index in [1.165, 1.54) is 5.56 Å². The Morgan fingerprint density at radius 2 is 2.10 bits per heavy atom. The van der Waals surface area contributed by atoms with Crippen molar-refractivity contribution in [3.8, 4) is 0 Å². The maximum absolute atomic E-state index is 5.15. The highest BCUT2D eigenvalue weighted by molar-refractivity contribution is 7.80. The molecule has 110 valence electrons. The molecule has 0 saturated heterocycles. The third-order valence-corrected chi connectivity index (χ3v) is 3.23. The van der Waals surface area contributed by atoms with Gasteiger partial charge in [-0.3, -0.25) is 5.43 Å². The van der Waals surface area contributed by atoms with Gasteiger partial charge in [0.25, 0.3) is 0 Å². The standard InChI is InChI=1S/C15H18N4OS/c1-11-14(12(2)20-19-11)10-17-18-15(21)16-9-8-13-6-4-3-5-7-13/h3-7,10H,8-9H2,1-2H3,(H2,16,18,21). The SMILES string of the molecule is Cc1noc(C)c1C=NNC(=S)NCCc1ccccc1. The zero-order valence-corrected chi connectivity index (χ0v) is 12.9. The van der Waals surface area contributed by atoms with Gasteiger partial charge in [-0.2, -0.15) is 5.10 Å². The van der Waals surface area contributed by atoms with Crippen LogP contribution in [0.2, 0.25) is 0 Å². The van der Waals surface area contributed by atoms with Crippen molar-refractivity contribution in [1.82, 2.24) is 15.9 Å². The van der Waals surface area contributed by atoms with E-state index in [1.54, 1.807) is 6.21 Å². The minimum atomic E-state index is 0.494. The van der Waals surface area contributed by atoms with Crippen LogP contribution < -0.4 is 10.7 Å². The van der Waals surface area contributed by atoms with Crippen LogP contribution in [0, 0.1) is 13.8 Å². The third-order valence-electron chi connectivity index (χ3n) is 2.99. The molecule has 0 spiro atoms. The normalized spacial score (nSPS) is 10.8. The number of aryl methyl sites for hydroxylation is 2. The quantitative estimate of drug-likeness (QED) is 0.504. The van der Waals surface area contributed by atoms with E-state index in [1.807, 2.05) is 32.0 Å². The maximum Gasteiger partial charge on any atom is 0.186 e. The fraction of sp³-hybridized carbons (Fsp3) is 0.267. The summed E-state index contributed by atoms with van der Waals surface area (Å²) < 4.78 is 5.05. The predicted octanol–water partition coefficient (Wildman–Crippen LogP) is 2.33. The summed E-state index contributed by atoms with van der Waals surface area (Å²) in [4.78, 5) is 0. The number of aromatic nitrogens is 1. The molecule has 21 heavy (non-hydrogen) atoms. The molecule has 2 rings (SSSR count). The predicted molar refractivity (Wildman–Crippen MR) is 87.5 cm³/mol. The molecule has 0 fully saturated rings. The van der Waals surface area contributed by atoms with E-state index >= 15 is 0 Å². The Bertz CT molecular complexity index is 602. The summed E-state index contributed by atoms with van der Waals surface area (Å²) in [5.41, 5.74) is 5.73. The number of rotatable bonds is 5. The van der Waals surface area contributed by atoms with Crippen LogP contribution in [-0.2, 0) is 6.42 Å². The summed E-state index contributed by atoms with van der Waals surface area (Å²) in [5.74, 6) is 0.737. The Morgan fingerprint density at radius 1 is 1.33 bits per heavy atom. The molecule has 0 aliphatic carbocycles. The first-order chi connectivity index (χ1) is 10.2. The molecular formula is C15H18N4OS. The molecule has 1 heterocycles. The van der Waals surface area contributed by atoms with E-state index < -0.39 is 0 Å². The molecule has 1 aromatic carbocycles. The molecule has 2 aromatic rings. The van der Waals surface area contributed by atoms with Gasteiger partial charge >= 0.3 is 0 Å². The van der Waals surface area contributed by atoms with Gasteiger partial charge in [-0.25, -0.2) is 0 Å². The molecule has 0 saturated carbocycles. The highest BCUT2D eigenvalue weighted by atomic mass is 32.1. The number of benzene rings is 1. The Balaban J connectivity index is 1.73. The molecule has 0 aliphatic rings. The average Bonchev–Trinajstić information content (AvgIpc) is 2.80. The number of hydrogen-bond acceptors (Lipinski definition) is 4. The molecular weight excluding hydrogens is 284 g/mol. The lowest BCUT2D eigenvalue weighted by Gasteiger charge is -2.06. The summed E-state index contributed by atoms with van der Waals surface area (Å²) in [6, 6.07) is 10.2. The van der Waals surface area contributed by atoms with Crippen LogP contribution >= 0.6 is 12.2 Å². The van der Waals surface area contributed by atoms with Crippen molar-refractivity contribution in [3.63, 3.8) is 0 Å². The van der Waals surface area contributed by atoms with E-state index in [-0.39, 0.29) is 0 Å². The Morgan fingerprint density at radius 3 is 2.76 bits per heavy atom. The van der Waals surface area contributed by atoms with Crippen molar-refractivity contribution in [2.75, 3.05) is 6.54 Å². The smallest absolute Gasteiger partial charge is 0.186 e. The van der Waals surface area contributed by atoms with E-state index in [0.717, 1.165) is 30.0 Å². The van der Waals surface area contributed by atoms with Gasteiger partial charge in [0, 0.05) is 6.54 Å². The van der Waals surface area contributed by atoms with Gasteiger partial charge in [-0.05, 0) is 38.0 Å². The van der Waals surface area contributed by atoms with Crippen molar-refractivity contribution in [3.05, 3.63) is 52.9 Å². The Hall–Kier alpha value is -2.21. The summed E-state index contributed by atoms with van der Waals surface area (Å²) in [7, 11) is 0. The van der Waals surface area contributed by atoms with Crippen molar-refractivity contribution < 1.29 is 4.52 Å². The lowest BCUT2D eigenvalue weighted by molar-refractivity contribution is 0.393. The lowest BCUT2D eigenvalue weighted by atomic mass is 10.1. The van der Waals surface area contributed by atoms with Gasteiger partial charge < -0.3 is 9.84 Å². The van der Waals surface area contributed by atoms with Crippen LogP contribution in [0.1, 0.15) is 22.6 Å². The first kappa shape index (κ1) is 15.2. The number of thiocarbonyl (C=S) groups is 1. The van der Waals surface area contributed by atoms with Crippen LogP contribution in [0.4, 0.5) is 0 Å². The molecule has 0 bridgehead atoms. The Kier molecular flexibility index (Phi) is 5.45. The molecule has 0 radical (unpaired) electrons. The van der Waals surface area contributed by atoms with E-state index in [4.69, 9.17) is 16.7 Å². The maximum atomic E-state index is 5.15. The number of nitrogens with one attached hydrogen (secondary N) is 2. The molecule has 0 amide bonds. The van der Waals surface area contributed by atoms with Crippen LogP contribution in [0.5, 0.6) is 0 Å². The van der Waals surface area contributed by atoms with Crippen LogP contribution in [0.25, 0.3) is 0 Å². The number of hydrazone groups is 1. The minimum Gasteiger partial charge on any atom is -0.361 e. The Labute approximate surface area is 129 Å². The average molecular weight is 302 g/mol. The second kappa shape index (κ2) is 7.54. The summed E-state index contributed by atoms with van der Waals surface area (Å²) in [6.45, 7) is 4.47. The molecule has 2 N–H and O–H groups in total. The molecule has 6 heteroatoms. The van der Waals surface area contributed by atoms with E-state index in [9.17, 15) is 0 Å². The van der Waals surface area contributed by atoms with Crippen molar-refractivity contribution >= 4 is 23.5 Å². The highest BCUT2D eigenvalue weighted by Gasteiger charge is 2.05. The minimum absolute atomic E-state index is 0.494. The first-order valence-electron chi connectivity index (χ1n) is 6.70. The van der Waals surface area contributed by atoms with E-state index in [0.29, 0.717) is 5.11 Å². The van der Waals surface area contributed by atoms with Crippen LogP contribution in [-0.4, -0.2) is 23.0 Å². The first-order valence-corrected chi connectivity index (χ1v) is 7.11. The fourth-order valence-corrected chi connectivity index (χ4v) is 1.99. The second-order valence-electron chi connectivity index (χ2n) is 4.60. The zero-order chi connectivity index (χ0) is 15.1. The number of hydrogen-bond donors (Lipinski definition) is 2. The van der Waals surface area contributed by atoms with Gasteiger partial charge in [0.15, 0.2) is 5.11 Å². The molecule has 0 unspecified atom stereocenters. The summed E-state index contributed by atoms with van der Waals surface area (Å²) >= 11 is 5.15. The fourth-order valence-electron chi connectivity index (χ4n) is 1.83. The second-order valence-corrected chi connectivity index (χ2v) is 5.01. The van der Waals surface area contributed by atoms with Crippen molar-refractivity contribution in [1.29, 1.82) is 0 Å². The van der Waals surface area contributed by atoms with Gasteiger partial charge in [0.2, 0.25) is 0 Å². The van der Waals surface area contributed by atoms with Gasteiger partial charge in [-0.15, -0.1) is 0 Å². The third kappa shape index (κ3) is 4.68. The topological polar surface area (TPSA) is 62.5 Å². The monoisotopic (exact) mass is 302 g/mol. The summed E-state index contributed by atoms with van der Waals surface area (Å²) in [6.07, 6.45) is 2.57. The molecule has 5 nitrogen and oxygen atoms in total. The van der Waals surface area contributed by atoms with Gasteiger partial charge in [0.1, 0.15) is 5.76 Å². The van der Waals surface area contributed by atoms with E-state index in [2.05, 4.69) is 33.1 Å². The molecule has 1 aromatic heterocycles. The zero-order valence-electron chi connectivity index (χ0n) is 12.1. The highest BCUT2D eigenvalue weighted by Crippen LogP contribution is 2.08. The summed E-state index contributed by atoms with van der Waals surface area (Å²) in [5, 5.41) is 11.5. The van der Waals surface area contributed by atoms with Crippen molar-refractivity contribution in [2.45, 2.75) is 20.3 Å². The molecule has 0 atom stereocenters. The van der Waals surface area contributed by atoms with Crippen LogP contribution in [0.3, 0.4) is 0 Å². The number of nitrogens with zero attached hydrogens (tertiary/aromatic N) is 2.